The molecule has 0 aliphatic heterocycles. The number of carboxylic acids is 1. The Morgan fingerprint density at radius 2 is 1.54 bits per heavy atom. The molecule has 0 unspecified atom stereocenters. The monoisotopic (exact) mass is 359 g/mol. The van der Waals surface area contributed by atoms with Gasteiger partial charge in [0.15, 0.2) is 0 Å². The van der Waals surface area contributed by atoms with Crippen molar-refractivity contribution in [2.75, 3.05) is 0 Å². The zero-order valence-corrected chi connectivity index (χ0v) is 13.7. The highest BCUT2D eigenvalue weighted by Crippen LogP contribution is 2.29. The van der Waals surface area contributed by atoms with Crippen LogP contribution in [0.25, 0.3) is 10.8 Å². The van der Waals surface area contributed by atoms with Gasteiger partial charge in [-0.1, -0.05) is 42.5 Å². The molecule has 6 heteroatoms. The van der Waals surface area contributed by atoms with E-state index in [0.29, 0.717) is 18.5 Å². The summed E-state index contributed by atoms with van der Waals surface area (Å²) in [5.41, 5.74) is 1.24. The van der Waals surface area contributed by atoms with Crippen LogP contribution in [0.1, 0.15) is 27.0 Å². The number of carboxylic acid groups (broad SMARTS) is 1. The molecule has 0 atom stereocenters. The topological polar surface area (TPSA) is 49.3 Å². The average Bonchev–Trinajstić information content (AvgIpc) is 2.61. The maximum absolute atomic E-state index is 12.6. The minimum absolute atomic E-state index is 0.243. The first kappa shape index (κ1) is 17.9. The summed E-state index contributed by atoms with van der Waals surface area (Å²) in [5.74, 6) is -0.981. The minimum Gasteiger partial charge on any atom is -0.478 e. The van der Waals surface area contributed by atoms with E-state index >= 15 is 0 Å². The van der Waals surface area contributed by atoms with Crippen molar-refractivity contribution >= 4 is 16.7 Å². The Hall–Kier alpha value is -2.86. The van der Waals surface area contributed by atoms with E-state index in [1.54, 1.807) is 24.3 Å². The van der Waals surface area contributed by atoms with Crippen LogP contribution in [0.4, 0.5) is 13.2 Å². The number of hydrogen-bond acceptors (Lipinski definition) is 2. The van der Waals surface area contributed by atoms with E-state index in [1.807, 2.05) is 12.1 Å². The average molecular weight is 359 g/mol. The van der Waals surface area contributed by atoms with Gasteiger partial charge in [-0.05, 0) is 40.1 Å². The van der Waals surface area contributed by atoms with Gasteiger partial charge in [0, 0.05) is 13.1 Å². The Kier molecular flexibility index (Phi) is 4.95. The highest BCUT2D eigenvalue weighted by atomic mass is 19.4. The summed E-state index contributed by atoms with van der Waals surface area (Å²) < 4.78 is 37.7. The number of rotatable bonds is 5. The summed E-state index contributed by atoms with van der Waals surface area (Å²) in [5, 5.41) is 14.0. The molecule has 26 heavy (non-hydrogen) atoms. The van der Waals surface area contributed by atoms with Gasteiger partial charge in [-0.25, -0.2) is 4.79 Å². The summed E-state index contributed by atoms with van der Waals surface area (Å²) in [7, 11) is 0. The Labute approximate surface area is 148 Å². The van der Waals surface area contributed by atoms with Crippen molar-refractivity contribution in [1.82, 2.24) is 5.32 Å². The first-order valence-corrected chi connectivity index (χ1v) is 7.97. The number of alkyl halides is 3. The highest BCUT2D eigenvalue weighted by Gasteiger charge is 2.29. The predicted octanol–water partition coefficient (Wildman–Crippen LogP) is 4.85. The second-order valence-corrected chi connectivity index (χ2v) is 5.92. The van der Waals surface area contributed by atoms with Gasteiger partial charge in [0.25, 0.3) is 0 Å². The van der Waals surface area contributed by atoms with Crippen LogP contribution in [0.2, 0.25) is 0 Å². The molecule has 2 N–H and O–H groups in total. The van der Waals surface area contributed by atoms with Crippen molar-refractivity contribution in [2.45, 2.75) is 19.3 Å². The molecule has 0 aliphatic rings. The van der Waals surface area contributed by atoms with Gasteiger partial charge in [0.05, 0.1) is 11.1 Å². The summed E-state index contributed by atoms with van der Waals surface area (Å²) in [4.78, 5) is 11.3. The zero-order valence-electron chi connectivity index (χ0n) is 13.7. The maximum Gasteiger partial charge on any atom is 0.416 e. The fraction of sp³-hybridized carbons (Fsp3) is 0.150. The lowest BCUT2D eigenvalue weighted by Crippen LogP contribution is -2.14. The highest BCUT2D eigenvalue weighted by molar-refractivity contribution is 6.04. The van der Waals surface area contributed by atoms with E-state index in [1.165, 1.54) is 12.1 Å². The SMILES string of the molecule is O=C(O)c1ccc(CNCc2ccc(C(F)(F)F)cc2)c2ccccc12. The maximum atomic E-state index is 12.6. The molecule has 0 heterocycles. The van der Waals surface area contributed by atoms with Gasteiger partial charge in [-0.3, -0.25) is 0 Å². The standard InChI is InChI=1S/C20H16F3NO2/c21-20(22,23)15-8-5-13(6-9-15)11-24-12-14-7-10-18(19(25)26)17-4-2-1-3-16(14)17/h1-10,24H,11-12H2,(H,25,26). The second-order valence-electron chi connectivity index (χ2n) is 5.92. The number of fused-ring (bicyclic) bond motifs is 1. The van der Waals surface area contributed by atoms with Crippen molar-refractivity contribution in [3.05, 3.63) is 82.9 Å². The number of aromatic carboxylic acids is 1. The van der Waals surface area contributed by atoms with E-state index in [9.17, 15) is 23.1 Å². The van der Waals surface area contributed by atoms with Gasteiger partial charge in [0.2, 0.25) is 0 Å². The first-order chi connectivity index (χ1) is 12.4. The third kappa shape index (κ3) is 3.86. The molecule has 0 saturated heterocycles. The van der Waals surface area contributed by atoms with Crippen LogP contribution in [-0.2, 0) is 19.3 Å². The normalized spacial score (nSPS) is 11.7. The number of carbonyl (C=O) groups is 1. The van der Waals surface area contributed by atoms with Gasteiger partial charge < -0.3 is 10.4 Å². The first-order valence-electron chi connectivity index (χ1n) is 7.97. The number of benzene rings is 3. The molecule has 3 nitrogen and oxygen atoms in total. The molecule has 0 saturated carbocycles. The molecular formula is C20H16F3NO2. The molecule has 0 radical (unpaired) electrons. The van der Waals surface area contributed by atoms with Crippen molar-refractivity contribution in [3.63, 3.8) is 0 Å². The van der Waals surface area contributed by atoms with Crippen LogP contribution < -0.4 is 5.32 Å². The molecule has 3 rings (SSSR count). The predicted molar refractivity (Wildman–Crippen MR) is 92.9 cm³/mol. The fourth-order valence-corrected chi connectivity index (χ4v) is 2.86. The zero-order chi connectivity index (χ0) is 18.7. The lowest BCUT2D eigenvalue weighted by atomic mass is 9.99. The summed E-state index contributed by atoms with van der Waals surface area (Å²) >= 11 is 0. The third-order valence-electron chi connectivity index (χ3n) is 4.17. The number of halogens is 3. The molecule has 0 bridgehead atoms. The van der Waals surface area contributed by atoms with E-state index in [-0.39, 0.29) is 5.56 Å². The second kappa shape index (κ2) is 7.17. The molecule has 3 aromatic carbocycles. The molecule has 0 aromatic heterocycles. The number of hydrogen-bond donors (Lipinski definition) is 2. The van der Waals surface area contributed by atoms with Crippen LogP contribution in [0.3, 0.4) is 0 Å². The largest absolute Gasteiger partial charge is 0.478 e. The van der Waals surface area contributed by atoms with Gasteiger partial charge in [-0.2, -0.15) is 13.2 Å². The Morgan fingerprint density at radius 1 is 0.885 bits per heavy atom. The van der Waals surface area contributed by atoms with Crippen LogP contribution in [0, 0.1) is 0 Å². The van der Waals surface area contributed by atoms with Crippen molar-refractivity contribution in [2.24, 2.45) is 0 Å². The van der Waals surface area contributed by atoms with Gasteiger partial charge in [-0.15, -0.1) is 0 Å². The van der Waals surface area contributed by atoms with Crippen LogP contribution in [-0.4, -0.2) is 11.1 Å². The van der Waals surface area contributed by atoms with Crippen LogP contribution in [0.15, 0.2) is 60.7 Å². The fourth-order valence-electron chi connectivity index (χ4n) is 2.86. The quantitative estimate of drug-likeness (QED) is 0.685. The van der Waals surface area contributed by atoms with Gasteiger partial charge >= 0.3 is 12.1 Å². The molecule has 134 valence electrons. The van der Waals surface area contributed by atoms with Crippen molar-refractivity contribution in [1.29, 1.82) is 0 Å². The third-order valence-corrected chi connectivity index (χ3v) is 4.17. The number of nitrogens with one attached hydrogen (secondary N) is 1. The lowest BCUT2D eigenvalue weighted by molar-refractivity contribution is -0.137. The lowest BCUT2D eigenvalue weighted by Gasteiger charge is -2.11. The van der Waals surface area contributed by atoms with Gasteiger partial charge in [0.1, 0.15) is 0 Å². The molecule has 0 fully saturated rings. The molecular weight excluding hydrogens is 343 g/mol. The summed E-state index contributed by atoms with van der Waals surface area (Å²) in [6.07, 6.45) is -4.34. The Balaban J connectivity index is 1.73. The Bertz CT molecular complexity index is 934. The smallest absolute Gasteiger partial charge is 0.416 e. The van der Waals surface area contributed by atoms with Crippen molar-refractivity contribution in [3.8, 4) is 0 Å². The molecule has 0 amide bonds. The Morgan fingerprint density at radius 3 is 2.15 bits per heavy atom. The summed E-state index contributed by atoms with van der Waals surface area (Å²) in [6, 6.07) is 15.6. The molecule has 0 spiro atoms. The van der Waals surface area contributed by atoms with E-state index in [4.69, 9.17) is 0 Å². The van der Waals surface area contributed by atoms with E-state index < -0.39 is 17.7 Å². The van der Waals surface area contributed by atoms with E-state index in [0.717, 1.165) is 28.6 Å². The van der Waals surface area contributed by atoms with E-state index in [2.05, 4.69) is 5.32 Å². The van der Waals surface area contributed by atoms with Crippen LogP contribution >= 0.6 is 0 Å². The van der Waals surface area contributed by atoms with Crippen molar-refractivity contribution < 1.29 is 23.1 Å². The summed E-state index contributed by atoms with van der Waals surface area (Å²) in [6.45, 7) is 0.884. The molecule has 3 aromatic rings. The molecule has 0 aliphatic carbocycles. The minimum atomic E-state index is -4.34. The van der Waals surface area contributed by atoms with Crippen LogP contribution in [0.5, 0.6) is 0 Å².